The number of hydrogen-bond acceptors (Lipinski definition) is 10. The maximum atomic E-state index is 14.0. The van der Waals surface area contributed by atoms with E-state index in [-0.39, 0.29) is 34.4 Å². The van der Waals surface area contributed by atoms with Crippen molar-refractivity contribution in [2.45, 2.75) is 63.8 Å². The first kappa shape index (κ1) is 43.2. The molecule has 15 heteroatoms. The number of rotatable bonds is 13. The minimum atomic E-state index is -4.54. The van der Waals surface area contributed by atoms with Gasteiger partial charge in [0.05, 0.1) is 15.4 Å². The van der Waals surface area contributed by atoms with Crippen LogP contribution in [0.15, 0.2) is 102 Å². The molecule has 8 rings (SSSR count). The second kappa shape index (κ2) is 18.1. The maximum absolute atomic E-state index is 14.0. The number of nitro benzene ring substituents is 1. The molecule has 1 amide bonds. The third kappa shape index (κ3) is 9.78. The van der Waals surface area contributed by atoms with Gasteiger partial charge in [-0.2, -0.15) is 0 Å². The SMILES string of the molecule is CC(C1=C(c2ccc(Cl)cc2)CC(C)(C)CC1)N1CCN(c2ccc(C(=O)NS(=O)(=O)c3ccc(NCC4CCOCC4)c([N+](=O)[O-])c3)c(Oc3ccc4[nH]ccc4c3)c2)CC1. The predicted molar refractivity (Wildman–Crippen MR) is 244 cm³/mol. The summed E-state index contributed by atoms with van der Waals surface area (Å²) in [6.07, 6.45) is 6.65. The maximum Gasteiger partial charge on any atom is 0.293 e. The van der Waals surface area contributed by atoms with E-state index in [0.29, 0.717) is 25.5 Å². The molecule has 2 fully saturated rings. The number of piperazine rings is 1. The Balaban J connectivity index is 1.02. The summed E-state index contributed by atoms with van der Waals surface area (Å²) in [5, 5.41) is 16.8. The number of ether oxygens (including phenoxy) is 2. The van der Waals surface area contributed by atoms with Crippen molar-refractivity contribution < 1.29 is 27.6 Å². The highest BCUT2D eigenvalue weighted by Gasteiger charge is 2.33. The molecule has 62 heavy (non-hydrogen) atoms. The van der Waals surface area contributed by atoms with Crippen LogP contribution in [0.2, 0.25) is 5.02 Å². The number of carbonyl (C=O) groups is 1. The molecule has 0 radical (unpaired) electrons. The van der Waals surface area contributed by atoms with Gasteiger partial charge in [0.15, 0.2) is 0 Å². The van der Waals surface area contributed by atoms with Gasteiger partial charge in [0.2, 0.25) is 0 Å². The number of allylic oxidation sites excluding steroid dienone is 1. The van der Waals surface area contributed by atoms with Crippen molar-refractivity contribution in [1.29, 1.82) is 0 Å². The van der Waals surface area contributed by atoms with E-state index in [9.17, 15) is 23.3 Å². The molecule has 4 aromatic carbocycles. The van der Waals surface area contributed by atoms with Gasteiger partial charge in [-0.3, -0.25) is 19.8 Å². The van der Waals surface area contributed by atoms with E-state index in [1.165, 1.54) is 28.8 Å². The summed E-state index contributed by atoms with van der Waals surface area (Å²) in [4.78, 5) is 33.0. The smallest absolute Gasteiger partial charge is 0.293 e. The summed E-state index contributed by atoms with van der Waals surface area (Å²) < 4.78 is 41.3. The van der Waals surface area contributed by atoms with Gasteiger partial charge >= 0.3 is 0 Å². The van der Waals surface area contributed by atoms with E-state index in [2.05, 4.69) is 57.7 Å². The van der Waals surface area contributed by atoms with E-state index >= 15 is 0 Å². The Morgan fingerprint density at radius 2 is 1.76 bits per heavy atom. The number of carbonyl (C=O) groups excluding carboxylic acids is 1. The molecule has 13 nitrogen and oxygen atoms in total. The van der Waals surface area contributed by atoms with E-state index < -0.39 is 31.4 Å². The molecule has 3 N–H and O–H groups in total. The van der Waals surface area contributed by atoms with Gasteiger partial charge < -0.3 is 24.7 Å². The first-order chi connectivity index (χ1) is 29.7. The molecular weight excluding hydrogens is 828 g/mol. The molecule has 3 heterocycles. The van der Waals surface area contributed by atoms with Crippen LogP contribution in [0.3, 0.4) is 0 Å². The van der Waals surface area contributed by atoms with Crippen molar-refractivity contribution in [3.05, 3.63) is 123 Å². The molecular formula is C47H53ClN6O7S. The van der Waals surface area contributed by atoms with Crippen LogP contribution < -0.4 is 19.7 Å². The average Bonchev–Trinajstić information content (AvgIpc) is 3.74. The second-order valence-electron chi connectivity index (χ2n) is 17.4. The molecule has 3 aliphatic rings. The highest BCUT2D eigenvalue weighted by molar-refractivity contribution is 7.90. The number of amides is 1. The summed E-state index contributed by atoms with van der Waals surface area (Å²) in [6, 6.07) is 24.6. The normalized spacial score (nSPS) is 18.1. The fourth-order valence-electron chi connectivity index (χ4n) is 8.91. The molecule has 5 aromatic rings. The van der Waals surface area contributed by atoms with Gasteiger partial charge in [-0.05, 0) is 128 Å². The number of hydrogen-bond donors (Lipinski definition) is 3. The lowest BCUT2D eigenvalue weighted by atomic mass is 9.71. The first-order valence-corrected chi connectivity index (χ1v) is 23.1. The molecule has 0 saturated carbocycles. The van der Waals surface area contributed by atoms with Gasteiger partial charge in [-0.15, -0.1) is 0 Å². The first-order valence-electron chi connectivity index (χ1n) is 21.3. The molecule has 1 atom stereocenters. The Hall–Kier alpha value is -5.41. The van der Waals surface area contributed by atoms with Crippen LogP contribution >= 0.6 is 11.6 Å². The van der Waals surface area contributed by atoms with Crippen LogP contribution in [-0.4, -0.2) is 81.1 Å². The standard InChI is InChI=1S/C47H53ClN6O7S/c1-31(39-14-18-47(2,3)29-41(39)33-4-6-35(48)7-5-33)52-20-22-53(23-21-52)36-8-11-40(45(27-36)61-37-9-12-42-34(26-37)15-19-49-42)46(55)51-62(58,59)38-10-13-43(44(28-38)54(56)57)50-30-32-16-24-60-25-17-32/h4-13,15,19,26-28,31-32,49-50H,14,16-18,20-25,29-30H2,1-3H3,(H,51,55). The number of benzene rings is 4. The Bertz CT molecular complexity index is 2600. The third-order valence-corrected chi connectivity index (χ3v) is 14.2. The Labute approximate surface area is 367 Å². The highest BCUT2D eigenvalue weighted by atomic mass is 35.5. The minimum Gasteiger partial charge on any atom is -0.456 e. The number of aromatic amines is 1. The number of fused-ring (bicyclic) bond motifs is 1. The number of halogens is 1. The quantitative estimate of drug-likeness (QED) is 0.0768. The second-order valence-corrected chi connectivity index (χ2v) is 19.5. The molecule has 326 valence electrons. The Kier molecular flexibility index (Phi) is 12.6. The number of sulfonamides is 1. The van der Waals surface area contributed by atoms with Gasteiger partial charge in [0.25, 0.3) is 21.6 Å². The van der Waals surface area contributed by atoms with Gasteiger partial charge in [0, 0.05) is 91.9 Å². The lowest BCUT2D eigenvalue weighted by Crippen LogP contribution is -2.50. The number of anilines is 2. The van der Waals surface area contributed by atoms with Crippen LogP contribution in [0.1, 0.15) is 68.8 Å². The number of aromatic nitrogens is 1. The van der Waals surface area contributed by atoms with Crippen molar-refractivity contribution in [2.75, 3.05) is 56.2 Å². The molecule has 1 aromatic heterocycles. The van der Waals surface area contributed by atoms with Crippen LogP contribution in [0, 0.1) is 21.4 Å². The predicted octanol–water partition coefficient (Wildman–Crippen LogP) is 9.65. The van der Waals surface area contributed by atoms with Crippen molar-refractivity contribution in [3.8, 4) is 11.5 Å². The number of nitrogens with one attached hydrogen (secondary N) is 3. The molecule has 1 aliphatic carbocycles. The minimum absolute atomic E-state index is 0.00937. The average molecular weight is 881 g/mol. The van der Waals surface area contributed by atoms with Crippen molar-refractivity contribution in [1.82, 2.24) is 14.6 Å². The summed E-state index contributed by atoms with van der Waals surface area (Å²) in [5.74, 6) is -0.0245. The lowest BCUT2D eigenvalue weighted by molar-refractivity contribution is -0.384. The monoisotopic (exact) mass is 880 g/mol. The molecule has 1 unspecified atom stereocenters. The van der Waals surface area contributed by atoms with E-state index in [1.54, 1.807) is 24.3 Å². The summed E-state index contributed by atoms with van der Waals surface area (Å²) in [6.45, 7) is 11.8. The summed E-state index contributed by atoms with van der Waals surface area (Å²) in [7, 11) is -4.54. The number of nitro groups is 1. The van der Waals surface area contributed by atoms with Crippen molar-refractivity contribution >= 4 is 61.1 Å². The zero-order valence-corrected chi connectivity index (χ0v) is 36.9. The van der Waals surface area contributed by atoms with Crippen LogP contribution in [0.4, 0.5) is 17.1 Å². The fraction of sp³-hybridized carbons (Fsp3) is 0.383. The topological polar surface area (TPSA) is 159 Å². The van der Waals surface area contributed by atoms with Gasteiger partial charge in [-0.25, -0.2) is 13.1 Å². The molecule has 2 saturated heterocycles. The number of nitrogens with zero attached hydrogens (tertiary/aromatic N) is 3. The third-order valence-electron chi connectivity index (χ3n) is 12.6. The molecule has 2 aliphatic heterocycles. The van der Waals surface area contributed by atoms with E-state index in [4.69, 9.17) is 21.1 Å². The molecule has 0 spiro atoms. The Morgan fingerprint density at radius 3 is 2.50 bits per heavy atom. The van der Waals surface area contributed by atoms with E-state index in [1.807, 2.05) is 36.5 Å². The van der Waals surface area contributed by atoms with Crippen molar-refractivity contribution in [2.24, 2.45) is 11.3 Å². The zero-order valence-electron chi connectivity index (χ0n) is 35.3. The summed E-state index contributed by atoms with van der Waals surface area (Å²) in [5.41, 5.74) is 5.86. The van der Waals surface area contributed by atoms with Crippen LogP contribution in [-0.2, 0) is 14.8 Å². The zero-order chi connectivity index (χ0) is 43.6. The van der Waals surface area contributed by atoms with Gasteiger partial charge in [-0.1, -0.05) is 37.6 Å². The highest BCUT2D eigenvalue weighted by Crippen LogP contribution is 2.45. The van der Waals surface area contributed by atoms with Crippen LogP contribution in [0.5, 0.6) is 11.5 Å². The Morgan fingerprint density at radius 1 is 1.00 bits per heavy atom. The molecule has 0 bridgehead atoms. The summed E-state index contributed by atoms with van der Waals surface area (Å²) >= 11 is 6.27. The largest absolute Gasteiger partial charge is 0.456 e. The lowest BCUT2D eigenvalue weighted by Gasteiger charge is -2.43. The van der Waals surface area contributed by atoms with E-state index in [0.717, 1.165) is 86.0 Å². The number of H-pyrrole nitrogens is 1. The fourth-order valence-corrected chi connectivity index (χ4v) is 10.0. The van der Waals surface area contributed by atoms with Gasteiger partial charge in [0.1, 0.15) is 17.2 Å². The van der Waals surface area contributed by atoms with Crippen molar-refractivity contribution in [3.63, 3.8) is 0 Å². The van der Waals surface area contributed by atoms with Crippen LogP contribution in [0.25, 0.3) is 16.5 Å².